The molecule has 0 bridgehead atoms. The van der Waals surface area contributed by atoms with Crippen molar-refractivity contribution >= 4 is 23.8 Å². The second-order valence-electron chi connectivity index (χ2n) is 6.79. The summed E-state index contributed by atoms with van der Waals surface area (Å²) in [5, 5.41) is 2.78. The van der Waals surface area contributed by atoms with Gasteiger partial charge in [-0.1, -0.05) is 12.8 Å². The average molecular weight is 376 g/mol. The largest absolute Gasteiger partial charge is 0.325 e. The molecule has 0 radical (unpaired) electrons. The summed E-state index contributed by atoms with van der Waals surface area (Å²) < 4.78 is 12.8. The Balaban J connectivity index is 1.41. The lowest BCUT2D eigenvalue weighted by atomic mass is 9.98. The van der Waals surface area contributed by atoms with E-state index in [-0.39, 0.29) is 30.9 Å². The van der Waals surface area contributed by atoms with Crippen LogP contribution in [0.1, 0.15) is 48.9 Å². The Hall–Kier alpha value is -2.97. The van der Waals surface area contributed by atoms with Gasteiger partial charge in [0.05, 0.1) is 0 Å². The van der Waals surface area contributed by atoms with Crippen molar-refractivity contribution in [2.24, 2.45) is 0 Å². The fourth-order valence-corrected chi connectivity index (χ4v) is 3.46. The molecule has 0 unspecified atom stereocenters. The van der Waals surface area contributed by atoms with Crippen molar-refractivity contribution in [2.75, 3.05) is 6.54 Å². The third kappa shape index (κ3) is 4.07. The van der Waals surface area contributed by atoms with Crippen molar-refractivity contribution in [3.8, 4) is 0 Å². The summed E-state index contributed by atoms with van der Waals surface area (Å²) in [6.45, 7) is 0.145. The standard InChI is InChI=1S/C18H21FN4O4/c19-13-7-5-12(6-8-13)15(25)22-21-14(24)4-3-11-23-16(26)18(20-17(23)27)9-1-2-10-18/h5-8H,1-4,9-11H2,(H,20,27)(H,21,24)(H,22,25). The molecule has 5 amide bonds. The van der Waals surface area contributed by atoms with Crippen molar-refractivity contribution in [2.45, 2.75) is 44.1 Å². The molecule has 1 aliphatic carbocycles. The number of halogens is 1. The number of rotatable bonds is 5. The quantitative estimate of drug-likeness (QED) is 0.531. The maximum Gasteiger partial charge on any atom is 0.325 e. The fraction of sp³-hybridized carbons (Fsp3) is 0.444. The second kappa shape index (κ2) is 7.73. The van der Waals surface area contributed by atoms with E-state index in [2.05, 4.69) is 16.2 Å². The number of nitrogens with zero attached hydrogens (tertiary/aromatic N) is 1. The summed E-state index contributed by atoms with van der Waals surface area (Å²) in [4.78, 5) is 49.3. The summed E-state index contributed by atoms with van der Waals surface area (Å²) in [7, 11) is 0. The highest BCUT2D eigenvalue weighted by atomic mass is 19.1. The minimum Gasteiger partial charge on any atom is -0.323 e. The second-order valence-corrected chi connectivity index (χ2v) is 6.79. The Morgan fingerprint density at radius 3 is 2.44 bits per heavy atom. The van der Waals surface area contributed by atoms with Crippen LogP contribution in [0.3, 0.4) is 0 Å². The summed E-state index contributed by atoms with van der Waals surface area (Å²) in [6.07, 6.45) is 3.46. The Bertz CT molecular complexity index is 759. The molecule has 1 heterocycles. The molecular formula is C18H21FN4O4. The Morgan fingerprint density at radius 2 is 1.78 bits per heavy atom. The highest BCUT2D eigenvalue weighted by molar-refractivity contribution is 6.07. The Kier molecular flexibility index (Phi) is 5.38. The predicted octanol–water partition coefficient (Wildman–Crippen LogP) is 1.23. The monoisotopic (exact) mass is 376 g/mol. The van der Waals surface area contributed by atoms with Crippen LogP contribution in [-0.2, 0) is 9.59 Å². The van der Waals surface area contributed by atoms with Crippen LogP contribution in [0.25, 0.3) is 0 Å². The van der Waals surface area contributed by atoms with Crippen molar-refractivity contribution in [1.29, 1.82) is 0 Å². The number of carbonyl (C=O) groups excluding carboxylic acids is 4. The minimum absolute atomic E-state index is 0.0355. The number of hydrogen-bond donors (Lipinski definition) is 3. The van der Waals surface area contributed by atoms with E-state index in [0.29, 0.717) is 12.8 Å². The van der Waals surface area contributed by atoms with E-state index in [1.54, 1.807) is 0 Å². The van der Waals surface area contributed by atoms with Gasteiger partial charge in [0.1, 0.15) is 11.4 Å². The fourth-order valence-electron chi connectivity index (χ4n) is 3.46. The molecular weight excluding hydrogens is 355 g/mol. The summed E-state index contributed by atoms with van der Waals surface area (Å²) in [6, 6.07) is 4.48. The van der Waals surface area contributed by atoms with Gasteiger partial charge < -0.3 is 5.32 Å². The zero-order valence-corrected chi connectivity index (χ0v) is 14.7. The lowest BCUT2D eigenvalue weighted by molar-refractivity contribution is -0.131. The molecule has 27 heavy (non-hydrogen) atoms. The molecule has 8 nitrogen and oxygen atoms in total. The number of hydrazine groups is 1. The number of carbonyl (C=O) groups is 4. The first-order valence-electron chi connectivity index (χ1n) is 8.90. The van der Waals surface area contributed by atoms with Crippen LogP contribution in [0.15, 0.2) is 24.3 Å². The van der Waals surface area contributed by atoms with Crippen LogP contribution in [0.5, 0.6) is 0 Å². The van der Waals surface area contributed by atoms with Gasteiger partial charge in [0.2, 0.25) is 5.91 Å². The van der Waals surface area contributed by atoms with Crippen molar-refractivity contribution in [3.05, 3.63) is 35.6 Å². The molecule has 1 saturated heterocycles. The highest BCUT2D eigenvalue weighted by Gasteiger charge is 2.51. The van der Waals surface area contributed by atoms with Gasteiger partial charge >= 0.3 is 6.03 Å². The molecule has 9 heteroatoms. The Morgan fingerprint density at radius 1 is 1.11 bits per heavy atom. The van der Waals surface area contributed by atoms with Gasteiger partial charge in [-0.05, 0) is 43.5 Å². The van der Waals surface area contributed by atoms with Crippen molar-refractivity contribution < 1.29 is 23.6 Å². The van der Waals surface area contributed by atoms with E-state index in [1.807, 2.05) is 0 Å². The van der Waals surface area contributed by atoms with Gasteiger partial charge in [0, 0.05) is 18.5 Å². The number of urea groups is 1. The molecule has 0 aromatic heterocycles. The third-order valence-electron chi connectivity index (χ3n) is 4.91. The molecule has 3 N–H and O–H groups in total. The van der Waals surface area contributed by atoms with Gasteiger partial charge in [-0.15, -0.1) is 0 Å². The molecule has 2 fully saturated rings. The molecule has 1 aliphatic heterocycles. The molecule has 1 spiro atoms. The van der Waals surface area contributed by atoms with Crippen LogP contribution >= 0.6 is 0 Å². The molecule has 1 aromatic rings. The van der Waals surface area contributed by atoms with Crippen LogP contribution in [0, 0.1) is 5.82 Å². The van der Waals surface area contributed by atoms with E-state index in [4.69, 9.17) is 0 Å². The normalized spacial score (nSPS) is 17.9. The lowest BCUT2D eigenvalue weighted by Gasteiger charge is -2.19. The van der Waals surface area contributed by atoms with Crippen LogP contribution < -0.4 is 16.2 Å². The zero-order valence-electron chi connectivity index (χ0n) is 14.7. The first-order valence-corrected chi connectivity index (χ1v) is 8.90. The number of nitrogens with one attached hydrogen (secondary N) is 3. The summed E-state index contributed by atoms with van der Waals surface area (Å²) in [5.74, 6) is -1.70. The van der Waals surface area contributed by atoms with Gasteiger partial charge in [-0.25, -0.2) is 9.18 Å². The number of hydrogen-bond acceptors (Lipinski definition) is 4. The van der Waals surface area contributed by atoms with Crippen LogP contribution in [0.2, 0.25) is 0 Å². The topological polar surface area (TPSA) is 108 Å². The maximum atomic E-state index is 12.8. The van der Waals surface area contributed by atoms with E-state index in [0.717, 1.165) is 29.9 Å². The number of amides is 5. The Labute approximate surface area is 155 Å². The van der Waals surface area contributed by atoms with E-state index >= 15 is 0 Å². The number of benzene rings is 1. The van der Waals surface area contributed by atoms with Gasteiger partial charge in [0.15, 0.2) is 0 Å². The molecule has 144 valence electrons. The SMILES string of the molecule is O=C(CCCN1C(=O)NC2(CCCC2)C1=O)NNC(=O)c1ccc(F)cc1. The third-order valence-corrected chi connectivity index (χ3v) is 4.91. The molecule has 3 rings (SSSR count). The van der Waals surface area contributed by atoms with E-state index in [1.165, 1.54) is 12.1 Å². The smallest absolute Gasteiger partial charge is 0.323 e. The first kappa shape index (κ1) is 18.8. The van der Waals surface area contributed by atoms with Gasteiger partial charge in [-0.2, -0.15) is 0 Å². The lowest BCUT2D eigenvalue weighted by Crippen LogP contribution is -2.44. The molecule has 2 aliphatic rings. The summed E-state index contributed by atoms with van der Waals surface area (Å²) in [5.41, 5.74) is 3.95. The van der Waals surface area contributed by atoms with Crippen molar-refractivity contribution in [1.82, 2.24) is 21.1 Å². The maximum absolute atomic E-state index is 12.8. The van der Waals surface area contributed by atoms with Crippen LogP contribution in [0.4, 0.5) is 9.18 Å². The van der Waals surface area contributed by atoms with Gasteiger partial charge in [0.25, 0.3) is 11.8 Å². The van der Waals surface area contributed by atoms with E-state index in [9.17, 15) is 23.6 Å². The molecule has 1 aromatic carbocycles. The highest BCUT2D eigenvalue weighted by Crippen LogP contribution is 2.35. The zero-order chi connectivity index (χ0) is 19.4. The predicted molar refractivity (Wildman–Crippen MR) is 92.7 cm³/mol. The van der Waals surface area contributed by atoms with Gasteiger partial charge in [-0.3, -0.25) is 30.1 Å². The average Bonchev–Trinajstić information content (AvgIpc) is 3.20. The molecule has 0 atom stereocenters. The summed E-state index contributed by atoms with van der Waals surface area (Å²) >= 11 is 0. The number of imide groups is 1. The van der Waals surface area contributed by atoms with E-state index < -0.39 is 29.2 Å². The minimum atomic E-state index is -0.748. The van der Waals surface area contributed by atoms with Crippen molar-refractivity contribution in [3.63, 3.8) is 0 Å². The molecule has 1 saturated carbocycles. The first-order chi connectivity index (χ1) is 12.9. The van der Waals surface area contributed by atoms with Crippen LogP contribution in [-0.4, -0.2) is 40.7 Å².